The van der Waals surface area contributed by atoms with E-state index in [9.17, 15) is 4.79 Å². The predicted molar refractivity (Wildman–Crippen MR) is 89.6 cm³/mol. The number of hydrogen-bond acceptors (Lipinski definition) is 4. The largest absolute Gasteiger partial charge is 0.325 e. The molecule has 1 aromatic carbocycles. The molecule has 110 valence electrons. The van der Waals surface area contributed by atoms with Gasteiger partial charge in [0.15, 0.2) is 0 Å². The molecule has 0 aliphatic rings. The van der Waals surface area contributed by atoms with Gasteiger partial charge in [-0.25, -0.2) is 9.97 Å². The van der Waals surface area contributed by atoms with Gasteiger partial charge in [-0.15, -0.1) is 0 Å². The van der Waals surface area contributed by atoms with Crippen LogP contribution in [-0.2, 0) is 4.79 Å². The lowest BCUT2D eigenvalue weighted by molar-refractivity contribution is -0.115. The second kappa shape index (κ2) is 7.04. The van der Waals surface area contributed by atoms with Gasteiger partial charge in [0, 0.05) is 15.9 Å². The van der Waals surface area contributed by atoms with Crippen LogP contribution in [0, 0.1) is 13.8 Å². The Kier molecular flexibility index (Phi) is 5.36. The fraction of sp³-hybridized carbons (Fsp3) is 0.267. The van der Waals surface area contributed by atoms with Crippen molar-refractivity contribution in [3.8, 4) is 0 Å². The summed E-state index contributed by atoms with van der Waals surface area (Å²) in [6, 6.07) is 9.42. The molecule has 1 unspecified atom stereocenters. The molecule has 0 bridgehead atoms. The predicted octanol–water partition coefficient (Wildman–Crippen LogP) is 3.98. The monoisotopic (exact) mass is 365 g/mol. The summed E-state index contributed by atoms with van der Waals surface area (Å²) in [5.41, 5.74) is 1.68. The third-order valence-electron chi connectivity index (χ3n) is 2.70. The van der Waals surface area contributed by atoms with Crippen LogP contribution in [-0.4, -0.2) is 21.1 Å². The third-order valence-corrected chi connectivity index (χ3v) is 4.21. The lowest BCUT2D eigenvalue weighted by atomic mass is 10.3. The molecule has 0 spiro atoms. The first kappa shape index (κ1) is 16.0. The highest BCUT2D eigenvalue weighted by molar-refractivity contribution is 9.10. The van der Waals surface area contributed by atoms with Gasteiger partial charge in [0.05, 0.1) is 5.25 Å². The Morgan fingerprint density at radius 1 is 1.29 bits per heavy atom. The van der Waals surface area contributed by atoms with Crippen molar-refractivity contribution in [1.29, 1.82) is 0 Å². The Labute approximate surface area is 136 Å². The van der Waals surface area contributed by atoms with Crippen molar-refractivity contribution in [2.24, 2.45) is 0 Å². The highest BCUT2D eigenvalue weighted by Crippen LogP contribution is 2.23. The summed E-state index contributed by atoms with van der Waals surface area (Å²) in [6.07, 6.45) is 0. The van der Waals surface area contributed by atoms with Crippen LogP contribution in [0.4, 0.5) is 5.69 Å². The molecule has 6 heteroatoms. The highest BCUT2D eigenvalue weighted by atomic mass is 79.9. The highest BCUT2D eigenvalue weighted by Gasteiger charge is 2.16. The standard InChI is InChI=1S/C15H16BrN3OS/c1-9-7-14(18-11(3)17-9)21-10(2)15(20)19-13-6-4-5-12(16)8-13/h4-8,10H,1-3H3,(H,19,20). The van der Waals surface area contributed by atoms with E-state index >= 15 is 0 Å². The summed E-state index contributed by atoms with van der Waals surface area (Å²) in [5, 5.41) is 3.48. The van der Waals surface area contributed by atoms with Gasteiger partial charge in [-0.2, -0.15) is 0 Å². The molecule has 0 saturated heterocycles. The average Bonchev–Trinajstić information content (AvgIpc) is 2.37. The lowest BCUT2D eigenvalue weighted by Gasteiger charge is -2.12. The minimum atomic E-state index is -0.238. The maximum Gasteiger partial charge on any atom is 0.237 e. The van der Waals surface area contributed by atoms with Gasteiger partial charge >= 0.3 is 0 Å². The lowest BCUT2D eigenvalue weighted by Crippen LogP contribution is -2.22. The normalized spacial score (nSPS) is 12.0. The van der Waals surface area contributed by atoms with E-state index in [1.807, 2.05) is 51.1 Å². The molecule has 0 saturated carbocycles. The van der Waals surface area contributed by atoms with E-state index in [1.165, 1.54) is 11.8 Å². The maximum absolute atomic E-state index is 12.2. The molecular weight excluding hydrogens is 350 g/mol. The fourth-order valence-corrected chi connectivity index (χ4v) is 3.14. The number of nitrogens with zero attached hydrogens (tertiary/aromatic N) is 2. The van der Waals surface area contributed by atoms with Crippen molar-refractivity contribution in [1.82, 2.24) is 9.97 Å². The number of carbonyl (C=O) groups excluding carboxylic acids is 1. The van der Waals surface area contributed by atoms with E-state index in [0.29, 0.717) is 0 Å². The van der Waals surface area contributed by atoms with Crippen LogP contribution < -0.4 is 5.32 Å². The Hall–Kier alpha value is -1.40. The molecule has 1 aromatic heterocycles. The van der Waals surface area contributed by atoms with Gasteiger partial charge in [0.25, 0.3) is 0 Å². The molecule has 2 aromatic rings. The Balaban J connectivity index is 2.02. The fourth-order valence-electron chi connectivity index (χ4n) is 1.79. The van der Waals surface area contributed by atoms with E-state index < -0.39 is 0 Å². The molecule has 1 heterocycles. The summed E-state index contributed by atoms with van der Waals surface area (Å²) >= 11 is 4.81. The first-order chi connectivity index (χ1) is 9.94. The van der Waals surface area contributed by atoms with Crippen molar-refractivity contribution in [3.63, 3.8) is 0 Å². The minimum Gasteiger partial charge on any atom is -0.325 e. The van der Waals surface area contributed by atoms with Crippen molar-refractivity contribution >= 4 is 39.3 Å². The number of amides is 1. The number of rotatable bonds is 4. The smallest absolute Gasteiger partial charge is 0.237 e. The maximum atomic E-state index is 12.2. The van der Waals surface area contributed by atoms with Crippen molar-refractivity contribution in [2.45, 2.75) is 31.0 Å². The van der Waals surface area contributed by atoms with Crippen molar-refractivity contribution in [3.05, 3.63) is 46.3 Å². The molecule has 0 aliphatic carbocycles. The minimum absolute atomic E-state index is 0.0491. The number of anilines is 1. The third kappa shape index (κ3) is 4.82. The SMILES string of the molecule is Cc1cc(SC(C)C(=O)Nc2cccc(Br)c2)nc(C)n1. The van der Waals surface area contributed by atoms with E-state index in [2.05, 4.69) is 31.2 Å². The van der Waals surface area contributed by atoms with Crippen LogP contribution in [0.5, 0.6) is 0 Å². The second-order valence-corrected chi connectivity index (χ2v) is 6.93. The molecule has 4 nitrogen and oxygen atoms in total. The number of aromatic nitrogens is 2. The zero-order chi connectivity index (χ0) is 15.4. The van der Waals surface area contributed by atoms with Gasteiger partial charge in [-0.3, -0.25) is 4.79 Å². The van der Waals surface area contributed by atoms with Crippen LogP contribution >= 0.6 is 27.7 Å². The summed E-state index contributed by atoms with van der Waals surface area (Å²) < 4.78 is 0.933. The number of hydrogen-bond donors (Lipinski definition) is 1. The number of halogens is 1. The molecule has 2 rings (SSSR count). The van der Waals surface area contributed by atoms with E-state index in [1.54, 1.807) is 0 Å². The number of aryl methyl sites for hydroxylation is 2. The Bertz CT molecular complexity index is 643. The van der Waals surface area contributed by atoms with Crippen LogP contribution in [0.25, 0.3) is 0 Å². The van der Waals surface area contributed by atoms with Crippen molar-refractivity contribution < 1.29 is 4.79 Å². The van der Waals surface area contributed by atoms with Crippen molar-refractivity contribution in [2.75, 3.05) is 5.32 Å². The van der Waals surface area contributed by atoms with Crippen LogP contribution in [0.15, 0.2) is 39.8 Å². The molecule has 1 amide bonds. The van der Waals surface area contributed by atoms with Gasteiger partial charge in [-0.05, 0) is 45.0 Å². The second-order valence-electron chi connectivity index (χ2n) is 4.65. The summed E-state index contributed by atoms with van der Waals surface area (Å²) in [4.78, 5) is 20.8. The summed E-state index contributed by atoms with van der Waals surface area (Å²) in [5.74, 6) is 0.670. The Morgan fingerprint density at radius 3 is 2.71 bits per heavy atom. The van der Waals surface area contributed by atoms with Gasteiger partial charge in [0.1, 0.15) is 10.9 Å². The summed E-state index contributed by atoms with van der Waals surface area (Å²) in [7, 11) is 0. The van der Waals surface area contributed by atoms with E-state index in [-0.39, 0.29) is 11.2 Å². The number of thioether (sulfide) groups is 1. The van der Waals surface area contributed by atoms with Gasteiger partial charge < -0.3 is 5.32 Å². The average molecular weight is 366 g/mol. The van der Waals surface area contributed by atoms with Gasteiger partial charge in [0.2, 0.25) is 5.91 Å². The molecule has 0 radical (unpaired) electrons. The van der Waals surface area contributed by atoms with E-state index in [0.717, 1.165) is 26.7 Å². The molecule has 1 N–H and O–H groups in total. The molecular formula is C15H16BrN3OS. The van der Waals surface area contributed by atoms with Crippen LogP contribution in [0.3, 0.4) is 0 Å². The zero-order valence-corrected chi connectivity index (χ0v) is 14.5. The molecule has 0 fully saturated rings. The van der Waals surface area contributed by atoms with Crippen LogP contribution in [0.1, 0.15) is 18.4 Å². The zero-order valence-electron chi connectivity index (χ0n) is 12.1. The number of nitrogens with one attached hydrogen (secondary N) is 1. The molecule has 0 aliphatic heterocycles. The topological polar surface area (TPSA) is 54.9 Å². The van der Waals surface area contributed by atoms with Crippen LogP contribution in [0.2, 0.25) is 0 Å². The molecule has 1 atom stereocenters. The number of benzene rings is 1. The first-order valence-corrected chi connectivity index (χ1v) is 8.16. The van der Waals surface area contributed by atoms with Gasteiger partial charge in [-0.1, -0.05) is 33.8 Å². The quantitative estimate of drug-likeness (QED) is 0.657. The number of carbonyl (C=O) groups is 1. The summed E-state index contributed by atoms with van der Waals surface area (Å²) in [6.45, 7) is 5.64. The first-order valence-electron chi connectivity index (χ1n) is 6.49. The van der Waals surface area contributed by atoms with E-state index in [4.69, 9.17) is 0 Å². The Morgan fingerprint density at radius 2 is 2.05 bits per heavy atom. The molecule has 21 heavy (non-hydrogen) atoms.